The highest BCUT2D eigenvalue weighted by Gasteiger charge is 2.18. The maximum atomic E-state index is 12.8. The zero-order chi connectivity index (χ0) is 10.0. The fourth-order valence-electron chi connectivity index (χ4n) is 0.956. The molecule has 0 radical (unpaired) electrons. The van der Waals surface area contributed by atoms with E-state index in [0.29, 0.717) is 0 Å². The molecule has 1 rings (SSSR count). The molecule has 1 aromatic carbocycles. The van der Waals surface area contributed by atoms with Gasteiger partial charge in [-0.15, -0.1) is 0 Å². The Morgan fingerprint density at radius 3 is 2.77 bits per heavy atom. The lowest BCUT2D eigenvalue weighted by Crippen LogP contribution is -2.01. The van der Waals surface area contributed by atoms with Crippen molar-refractivity contribution in [2.75, 3.05) is 0 Å². The van der Waals surface area contributed by atoms with Crippen molar-refractivity contribution in [1.29, 1.82) is 0 Å². The average molecular weight is 247 g/mol. The lowest BCUT2D eigenvalue weighted by Gasteiger charge is -2.08. The van der Waals surface area contributed by atoms with Crippen LogP contribution in [0.1, 0.15) is 17.3 Å². The molecule has 4 heteroatoms. The number of halogens is 2. The number of phenolic OH excluding ortho intramolecular Hbond substituents is 1. The number of benzene rings is 1. The van der Waals surface area contributed by atoms with Crippen molar-refractivity contribution in [2.45, 2.75) is 11.8 Å². The van der Waals surface area contributed by atoms with E-state index in [1.807, 2.05) is 0 Å². The molecule has 0 fully saturated rings. The zero-order valence-electron chi connectivity index (χ0n) is 6.92. The number of para-hydroxylation sites is 1. The fourth-order valence-corrected chi connectivity index (χ4v) is 1.32. The minimum Gasteiger partial charge on any atom is -0.505 e. The van der Waals surface area contributed by atoms with Crippen LogP contribution < -0.4 is 0 Å². The number of alkyl halides is 1. The molecule has 0 bridgehead atoms. The van der Waals surface area contributed by atoms with Crippen molar-refractivity contribution in [3.05, 3.63) is 29.6 Å². The van der Waals surface area contributed by atoms with E-state index < -0.39 is 16.4 Å². The van der Waals surface area contributed by atoms with E-state index in [9.17, 15) is 14.3 Å². The highest BCUT2D eigenvalue weighted by Crippen LogP contribution is 2.32. The van der Waals surface area contributed by atoms with Gasteiger partial charge in [0.25, 0.3) is 0 Å². The monoisotopic (exact) mass is 246 g/mol. The largest absolute Gasteiger partial charge is 0.505 e. The molecule has 70 valence electrons. The molecule has 0 saturated heterocycles. The summed E-state index contributed by atoms with van der Waals surface area (Å²) in [5.74, 6) is -1.37. The molecule has 1 atom stereocenters. The van der Waals surface area contributed by atoms with E-state index in [1.165, 1.54) is 19.1 Å². The van der Waals surface area contributed by atoms with E-state index in [2.05, 4.69) is 15.9 Å². The molecule has 0 aromatic heterocycles. The fraction of sp³-hybridized carbons (Fsp3) is 0.222. The van der Waals surface area contributed by atoms with E-state index in [1.54, 1.807) is 0 Å². The van der Waals surface area contributed by atoms with Gasteiger partial charge in [0.05, 0.1) is 0 Å². The van der Waals surface area contributed by atoms with Crippen LogP contribution >= 0.6 is 15.9 Å². The summed E-state index contributed by atoms with van der Waals surface area (Å²) in [5.41, 5.74) is 0.257. The summed E-state index contributed by atoms with van der Waals surface area (Å²) in [4.78, 5) is 10.3. The van der Waals surface area contributed by atoms with Crippen molar-refractivity contribution in [3.63, 3.8) is 0 Å². The lowest BCUT2D eigenvalue weighted by atomic mass is 10.1. The number of phenols is 1. The average Bonchev–Trinajstić information content (AvgIpc) is 2.08. The van der Waals surface area contributed by atoms with Crippen LogP contribution in [-0.4, -0.2) is 10.9 Å². The smallest absolute Gasteiger partial charge is 0.165 e. The van der Waals surface area contributed by atoms with Crippen molar-refractivity contribution in [2.24, 2.45) is 0 Å². The Morgan fingerprint density at radius 1 is 1.62 bits per heavy atom. The maximum absolute atomic E-state index is 12.8. The molecule has 0 spiro atoms. The second kappa shape index (κ2) is 3.87. The first-order valence-corrected chi connectivity index (χ1v) is 4.57. The van der Waals surface area contributed by atoms with Crippen LogP contribution in [0.5, 0.6) is 5.75 Å². The van der Waals surface area contributed by atoms with Gasteiger partial charge in [-0.3, -0.25) is 4.79 Å². The Kier molecular flexibility index (Phi) is 3.03. The van der Waals surface area contributed by atoms with Gasteiger partial charge in [-0.1, -0.05) is 28.1 Å². The third-order valence-electron chi connectivity index (χ3n) is 1.65. The van der Waals surface area contributed by atoms with Crippen LogP contribution in [0.15, 0.2) is 18.2 Å². The number of carbonyl (C=O) groups excluding carboxylic acids is 1. The number of Topliss-reactive ketones (excluding diaryl/α,β-unsaturated/α-hetero) is 1. The van der Waals surface area contributed by atoms with Crippen LogP contribution in [0.4, 0.5) is 4.39 Å². The van der Waals surface area contributed by atoms with Gasteiger partial charge < -0.3 is 5.11 Å². The molecule has 0 amide bonds. The van der Waals surface area contributed by atoms with E-state index in [-0.39, 0.29) is 11.3 Å². The summed E-state index contributed by atoms with van der Waals surface area (Å²) in [7, 11) is 0. The molecule has 2 nitrogen and oxygen atoms in total. The molecule has 0 aliphatic rings. The van der Waals surface area contributed by atoms with Crippen LogP contribution in [0.2, 0.25) is 0 Å². The molecule has 1 unspecified atom stereocenters. The number of rotatable bonds is 2. The van der Waals surface area contributed by atoms with Crippen molar-refractivity contribution in [1.82, 2.24) is 0 Å². The van der Waals surface area contributed by atoms with Crippen LogP contribution in [-0.2, 0) is 4.79 Å². The zero-order valence-corrected chi connectivity index (χ0v) is 8.51. The summed E-state index contributed by atoms with van der Waals surface area (Å²) >= 11 is 3.06. The third-order valence-corrected chi connectivity index (χ3v) is 2.79. The summed E-state index contributed by atoms with van der Waals surface area (Å²) in [6.45, 7) is 1.36. The van der Waals surface area contributed by atoms with E-state index in [4.69, 9.17) is 0 Å². The predicted molar refractivity (Wildman–Crippen MR) is 50.4 cm³/mol. The number of aromatic hydroxyl groups is 1. The molecule has 0 saturated carbocycles. The van der Waals surface area contributed by atoms with Gasteiger partial charge in [0.2, 0.25) is 0 Å². The molecule has 1 aromatic rings. The Labute approximate surface area is 83.5 Å². The molecule has 0 aliphatic heterocycles. The quantitative estimate of drug-likeness (QED) is 0.815. The molecular weight excluding hydrogens is 239 g/mol. The number of ketones is 1. The third kappa shape index (κ3) is 2.06. The Balaban J connectivity index is 3.15. The number of hydrogen-bond acceptors (Lipinski definition) is 2. The first kappa shape index (κ1) is 10.2. The number of carbonyl (C=O) groups is 1. The van der Waals surface area contributed by atoms with E-state index in [0.717, 1.165) is 6.07 Å². The van der Waals surface area contributed by atoms with Crippen LogP contribution in [0.3, 0.4) is 0 Å². The SMILES string of the molecule is CC(=O)C(Br)c1cccc(F)c1O. The van der Waals surface area contributed by atoms with Gasteiger partial charge in [-0.2, -0.15) is 0 Å². The van der Waals surface area contributed by atoms with Gasteiger partial charge >= 0.3 is 0 Å². The van der Waals surface area contributed by atoms with Gasteiger partial charge in [0, 0.05) is 5.56 Å². The molecule has 0 aliphatic carbocycles. The minimum atomic E-state index is -0.719. The van der Waals surface area contributed by atoms with Gasteiger partial charge in [-0.25, -0.2) is 4.39 Å². The predicted octanol–water partition coefficient (Wildman–Crippen LogP) is 2.56. The molecule has 1 N–H and O–H groups in total. The Hall–Kier alpha value is -0.900. The summed E-state index contributed by atoms with van der Waals surface area (Å²) in [6, 6.07) is 4.08. The van der Waals surface area contributed by atoms with Gasteiger partial charge in [-0.05, 0) is 13.0 Å². The van der Waals surface area contributed by atoms with Gasteiger partial charge in [0.1, 0.15) is 10.6 Å². The highest BCUT2D eigenvalue weighted by molar-refractivity contribution is 9.09. The van der Waals surface area contributed by atoms with Crippen molar-refractivity contribution in [3.8, 4) is 5.75 Å². The second-order valence-electron chi connectivity index (χ2n) is 2.65. The standard InChI is InChI=1S/C9H8BrFO2/c1-5(12)8(10)6-3-2-4-7(11)9(6)13/h2-4,8,13H,1H3. The Bertz CT molecular complexity index is 338. The highest BCUT2D eigenvalue weighted by atomic mass is 79.9. The van der Waals surface area contributed by atoms with Crippen molar-refractivity contribution < 1.29 is 14.3 Å². The summed E-state index contributed by atoms with van der Waals surface area (Å²) < 4.78 is 12.8. The minimum absolute atomic E-state index is 0.180. The van der Waals surface area contributed by atoms with E-state index >= 15 is 0 Å². The van der Waals surface area contributed by atoms with Crippen molar-refractivity contribution >= 4 is 21.7 Å². The normalized spacial score (nSPS) is 12.5. The molecular formula is C9H8BrFO2. The molecule has 0 heterocycles. The second-order valence-corrected chi connectivity index (χ2v) is 3.57. The first-order valence-electron chi connectivity index (χ1n) is 3.66. The Morgan fingerprint density at radius 2 is 2.23 bits per heavy atom. The summed E-state index contributed by atoms with van der Waals surface area (Å²) in [6.07, 6.45) is 0. The summed E-state index contributed by atoms with van der Waals surface area (Å²) in [5, 5.41) is 9.26. The first-order chi connectivity index (χ1) is 6.04. The number of hydrogen-bond donors (Lipinski definition) is 1. The van der Waals surface area contributed by atoms with Crippen LogP contribution in [0.25, 0.3) is 0 Å². The maximum Gasteiger partial charge on any atom is 0.165 e. The molecule has 13 heavy (non-hydrogen) atoms. The van der Waals surface area contributed by atoms with Crippen LogP contribution in [0, 0.1) is 5.82 Å². The topological polar surface area (TPSA) is 37.3 Å². The lowest BCUT2D eigenvalue weighted by molar-refractivity contribution is -0.116. The van der Waals surface area contributed by atoms with Gasteiger partial charge in [0.15, 0.2) is 11.6 Å².